The van der Waals surface area contributed by atoms with Crippen molar-refractivity contribution in [3.05, 3.63) is 82.9 Å². The largest absolute Gasteiger partial charge is 0.408 e. The summed E-state index contributed by atoms with van der Waals surface area (Å²) in [4.78, 5) is 0. The van der Waals surface area contributed by atoms with E-state index in [1.165, 1.54) is 22.3 Å². The summed E-state index contributed by atoms with van der Waals surface area (Å²) in [6.45, 7) is 4.86. The summed E-state index contributed by atoms with van der Waals surface area (Å²) >= 11 is -0.420. The third-order valence-electron chi connectivity index (χ3n) is 5.15. The van der Waals surface area contributed by atoms with Gasteiger partial charge in [0, 0.05) is 0 Å². The summed E-state index contributed by atoms with van der Waals surface area (Å²) < 4.78 is 0.514. The Morgan fingerprint density at radius 1 is 0.667 bits per heavy atom. The van der Waals surface area contributed by atoms with Crippen molar-refractivity contribution in [3.63, 3.8) is 0 Å². The van der Waals surface area contributed by atoms with E-state index < -0.39 is 20.4 Å². The number of hydrogen-bond donors (Lipinski definition) is 0. The quantitative estimate of drug-likeness (QED) is 0.708. The SMILES string of the molecule is C[C]1([Mg][C]2(C)C=Cc3ccccc32)C=Cc2ccccc21. The molecule has 0 aliphatic heterocycles. The molecule has 1 heteroatoms. The molecular weight excluding hydrogens is 265 g/mol. The summed E-state index contributed by atoms with van der Waals surface area (Å²) in [6, 6.07) is 17.8. The highest BCUT2D eigenvalue weighted by Crippen LogP contribution is 2.43. The molecule has 0 heterocycles. The Bertz CT molecular complexity index is 705. The van der Waals surface area contributed by atoms with Crippen LogP contribution < -0.4 is 0 Å². The molecule has 0 radical (unpaired) electrons. The van der Waals surface area contributed by atoms with Gasteiger partial charge in [-0.2, -0.15) is 0 Å². The predicted molar refractivity (Wildman–Crippen MR) is 91.4 cm³/mol. The van der Waals surface area contributed by atoms with E-state index in [0.29, 0.717) is 0 Å². The zero-order chi connectivity index (χ0) is 14.5. The summed E-state index contributed by atoms with van der Waals surface area (Å²) in [5.41, 5.74) is 5.86. The van der Waals surface area contributed by atoms with E-state index in [1.54, 1.807) is 0 Å². The van der Waals surface area contributed by atoms with E-state index in [2.05, 4.69) is 86.7 Å². The molecule has 0 aromatic heterocycles. The van der Waals surface area contributed by atoms with E-state index >= 15 is 0 Å². The van der Waals surface area contributed by atoms with Gasteiger partial charge in [0.05, 0.1) is 0 Å². The molecule has 4 rings (SSSR count). The lowest BCUT2D eigenvalue weighted by Crippen LogP contribution is -2.39. The number of fused-ring (bicyclic) bond motifs is 2. The first-order valence-corrected chi connectivity index (χ1v) is 9.10. The van der Waals surface area contributed by atoms with Gasteiger partial charge in [0.2, 0.25) is 0 Å². The minimum absolute atomic E-state index is 0.257. The lowest BCUT2D eigenvalue weighted by atomic mass is 9.99. The molecule has 2 atom stereocenters. The molecule has 2 aliphatic rings. The highest BCUT2D eigenvalue weighted by molar-refractivity contribution is 6.47. The Hall–Kier alpha value is -1.31. The third-order valence-corrected chi connectivity index (χ3v) is 7.85. The van der Waals surface area contributed by atoms with Gasteiger partial charge in [0.1, 0.15) is 0 Å². The van der Waals surface area contributed by atoms with Crippen LogP contribution in [0.1, 0.15) is 36.1 Å². The zero-order valence-electron chi connectivity index (χ0n) is 12.6. The van der Waals surface area contributed by atoms with Crippen molar-refractivity contribution in [1.29, 1.82) is 0 Å². The Morgan fingerprint density at radius 2 is 1.10 bits per heavy atom. The predicted octanol–water partition coefficient (Wildman–Crippen LogP) is 4.58. The molecule has 0 bridgehead atoms. The Labute approximate surface area is 136 Å². The fourth-order valence-corrected chi connectivity index (χ4v) is 7.14. The topological polar surface area (TPSA) is 0 Å². The lowest BCUT2D eigenvalue weighted by molar-refractivity contribution is 0.770. The maximum atomic E-state index is 2.45. The van der Waals surface area contributed by atoms with Gasteiger partial charge < -0.3 is 0 Å². The van der Waals surface area contributed by atoms with Crippen LogP contribution in [0, 0.1) is 0 Å². The van der Waals surface area contributed by atoms with E-state index in [0.717, 1.165) is 0 Å². The molecule has 2 unspecified atom stereocenters. The van der Waals surface area contributed by atoms with Crippen LogP contribution in [-0.2, 0) is 7.09 Å². The standard InChI is InChI=1S/2C10H9.Mg/c2*1-8-6-7-9-4-2-3-5-10(8)9;/h2*2-7H,1H3;. The Morgan fingerprint density at radius 3 is 1.57 bits per heavy atom. The summed E-state index contributed by atoms with van der Waals surface area (Å²) in [5.74, 6) is 0. The second-order valence-corrected chi connectivity index (χ2v) is 10.1. The van der Waals surface area contributed by atoms with Crippen molar-refractivity contribution in [3.8, 4) is 0 Å². The Kier molecular flexibility index (Phi) is 2.92. The molecule has 0 nitrogen and oxygen atoms in total. The van der Waals surface area contributed by atoms with Gasteiger partial charge in [-0.1, -0.05) is 105 Å². The minimum Gasteiger partial charge on any atom is -0.0993 e. The van der Waals surface area contributed by atoms with Crippen molar-refractivity contribution in [2.24, 2.45) is 0 Å². The molecule has 0 spiro atoms. The average Bonchev–Trinajstić information content (AvgIpc) is 3.00. The second kappa shape index (κ2) is 4.59. The van der Waals surface area contributed by atoms with Crippen molar-refractivity contribution in [2.75, 3.05) is 0 Å². The van der Waals surface area contributed by atoms with E-state index in [1.807, 2.05) is 0 Å². The van der Waals surface area contributed by atoms with Gasteiger partial charge in [-0.15, -0.1) is 0 Å². The highest BCUT2D eigenvalue weighted by atomic mass is 24.5. The minimum atomic E-state index is -0.420. The molecule has 0 saturated carbocycles. The molecule has 100 valence electrons. The zero-order valence-corrected chi connectivity index (χ0v) is 14.0. The van der Waals surface area contributed by atoms with Gasteiger partial charge in [0.25, 0.3) is 0 Å². The van der Waals surface area contributed by atoms with Crippen LogP contribution in [-0.4, -0.2) is 20.4 Å². The summed E-state index contributed by atoms with van der Waals surface area (Å²) in [6.07, 6.45) is 9.53. The fraction of sp³-hybridized carbons (Fsp3) is 0.200. The number of allylic oxidation sites excluding steroid dienone is 2. The molecular formula is C20H18Mg. The first-order valence-electron chi connectivity index (χ1n) is 7.68. The number of benzene rings is 2. The van der Waals surface area contributed by atoms with Gasteiger partial charge in [-0.05, 0) is 11.1 Å². The Balaban J connectivity index is 1.75. The van der Waals surface area contributed by atoms with Gasteiger partial charge in [-0.25, -0.2) is 0 Å². The molecule has 2 aromatic carbocycles. The van der Waals surface area contributed by atoms with E-state index in [-0.39, 0.29) is 7.09 Å². The maximum absolute atomic E-state index is 2.45. The summed E-state index contributed by atoms with van der Waals surface area (Å²) in [7, 11) is 0. The van der Waals surface area contributed by atoms with Crippen molar-refractivity contribution in [2.45, 2.75) is 20.9 Å². The van der Waals surface area contributed by atoms with Crippen LogP contribution >= 0.6 is 0 Å². The monoisotopic (exact) mass is 282 g/mol. The average molecular weight is 283 g/mol. The lowest BCUT2D eigenvalue weighted by Gasteiger charge is -2.34. The normalized spacial score (nSPS) is 28.3. The van der Waals surface area contributed by atoms with E-state index in [9.17, 15) is 0 Å². The number of rotatable bonds is 2. The van der Waals surface area contributed by atoms with Crippen LogP contribution in [0.25, 0.3) is 12.2 Å². The third kappa shape index (κ3) is 2.03. The molecule has 2 aromatic rings. The van der Waals surface area contributed by atoms with Crippen LogP contribution in [0.2, 0.25) is 0 Å². The van der Waals surface area contributed by atoms with Crippen LogP contribution in [0.3, 0.4) is 0 Å². The molecule has 21 heavy (non-hydrogen) atoms. The van der Waals surface area contributed by atoms with Crippen molar-refractivity contribution < 1.29 is 0 Å². The fourth-order valence-electron chi connectivity index (χ4n) is 4.12. The molecule has 0 N–H and O–H groups in total. The molecule has 0 amide bonds. The molecule has 0 saturated heterocycles. The van der Waals surface area contributed by atoms with E-state index in [4.69, 9.17) is 0 Å². The first-order chi connectivity index (χ1) is 10.1. The van der Waals surface area contributed by atoms with Gasteiger partial charge >= 0.3 is 20.4 Å². The molecule has 2 aliphatic carbocycles. The van der Waals surface area contributed by atoms with Crippen molar-refractivity contribution >= 4 is 32.5 Å². The summed E-state index contributed by atoms with van der Waals surface area (Å²) in [5, 5.41) is 0. The second-order valence-electron chi connectivity index (χ2n) is 6.85. The maximum Gasteiger partial charge on any atom is 0.408 e. The van der Waals surface area contributed by atoms with Crippen LogP contribution in [0.5, 0.6) is 0 Å². The van der Waals surface area contributed by atoms with Gasteiger partial charge in [-0.3, -0.25) is 0 Å². The first kappa shape index (κ1) is 13.4. The van der Waals surface area contributed by atoms with Gasteiger partial charge in [0.15, 0.2) is 0 Å². The highest BCUT2D eigenvalue weighted by Gasteiger charge is 2.42. The van der Waals surface area contributed by atoms with Crippen LogP contribution in [0.4, 0.5) is 0 Å². The van der Waals surface area contributed by atoms with Crippen LogP contribution in [0.15, 0.2) is 60.7 Å². The smallest absolute Gasteiger partial charge is 0.0993 e. The molecule has 0 fully saturated rings. The van der Waals surface area contributed by atoms with Crippen molar-refractivity contribution in [1.82, 2.24) is 0 Å². The number of hydrogen-bond acceptors (Lipinski definition) is 0.